The van der Waals surface area contributed by atoms with Crippen molar-refractivity contribution in [3.63, 3.8) is 0 Å². The summed E-state index contributed by atoms with van der Waals surface area (Å²) in [5.74, 6) is -0.193. The number of carbonyl (C=O) groups excluding carboxylic acids is 1. The second kappa shape index (κ2) is 3.87. The van der Waals surface area contributed by atoms with E-state index >= 15 is 0 Å². The van der Waals surface area contributed by atoms with Gasteiger partial charge in [-0.05, 0) is 6.42 Å². The minimum Gasteiger partial charge on any atom is -0.468 e. The van der Waals surface area contributed by atoms with E-state index in [1.54, 1.807) is 0 Å². The fraction of sp³-hybridized carbons (Fsp3) is 0.875. The van der Waals surface area contributed by atoms with Crippen molar-refractivity contribution in [1.82, 2.24) is 4.90 Å². The van der Waals surface area contributed by atoms with Crippen LogP contribution >= 0.6 is 0 Å². The van der Waals surface area contributed by atoms with Crippen LogP contribution in [-0.4, -0.2) is 48.3 Å². The van der Waals surface area contributed by atoms with Gasteiger partial charge >= 0.3 is 5.97 Å². The maximum atomic E-state index is 11.0. The fourth-order valence-electron chi connectivity index (χ4n) is 1.37. The van der Waals surface area contributed by atoms with Crippen LogP contribution in [0, 0.1) is 0 Å². The van der Waals surface area contributed by atoms with Crippen molar-refractivity contribution in [3.8, 4) is 0 Å². The molecule has 0 spiro atoms. The highest BCUT2D eigenvalue weighted by Crippen LogP contribution is 2.23. The number of ether oxygens (including phenoxy) is 1. The SMILES string of the molecule is CC[C@H](CO)N1C[C@@H]1C(=O)OC. The first kappa shape index (κ1) is 9.48. The smallest absolute Gasteiger partial charge is 0.324 e. The predicted molar refractivity (Wildman–Crippen MR) is 43.7 cm³/mol. The van der Waals surface area contributed by atoms with Crippen LogP contribution in [0.2, 0.25) is 0 Å². The van der Waals surface area contributed by atoms with E-state index < -0.39 is 0 Å². The van der Waals surface area contributed by atoms with E-state index in [1.165, 1.54) is 7.11 Å². The molecule has 3 atom stereocenters. The normalized spacial score (nSPS) is 29.6. The molecule has 0 aromatic carbocycles. The maximum Gasteiger partial charge on any atom is 0.324 e. The highest BCUT2D eigenvalue weighted by Gasteiger charge is 2.44. The number of esters is 1. The first-order valence-corrected chi connectivity index (χ1v) is 4.19. The second-order valence-electron chi connectivity index (χ2n) is 2.98. The average molecular weight is 173 g/mol. The molecule has 1 aliphatic rings. The largest absolute Gasteiger partial charge is 0.468 e. The lowest BCUT2D eigenvalue weighted by Crippen LogP contribution is -2.26. The van der Waals surface area contributed by atoms with Crippen molar-refractivity contribution in [1.29, 1.82) is 0 Å². The van der Waals surface area contributed by atoms with Crippen LogP contribution in [-0.2, 0) is 9.53 Å². The lowest BCUT2D eigenvalue weighted by atomic mass is 10.2. The van der Waals surface area contributed by atoms with Gasteiger partial charge in [-0.2, -0.15) is 0 Å². The Morgan fingerprint density at radius 1 is 1.83 bits per heavy atom. The molecular formula is C8H15NO3. The van der Waals surface area contributed by atoms with E-state index in [2.05, 4.69) is 4.74 Å². The third kappa shape index (κ3) is 1.76. The molecule has 0 aromatic heterocycles. The van der Waals surface area contributed by atoms with E-state index in [-0.39, 0.29) is 24.7 Å². The Morgan fingerprint density at radius 3 is 2.92 bits per heavy atom. The van der Waals surface area contributed by atoms with Crippen molar-refractivity contribution in [2.24, 2.45) is 0 Å². The lowest BCUT2D eigenvalue weighted by molar-refractivity contribution is -0.141. The molecule has 1 heterocycles. The molecule has 1 fully saturated rings. The zero-order valence-electron chi connectivity index (χ0n) is 7.49. The molecule has 1 aliphatic heterocycles. The van der Waals surface area contributed by atoms with Gasteiger partial charge < -0.3 is 9.84 Å². The van der Waals surface area contributed by atoms with Gasteiger partial charge in [0.25, 0.3) is 0 Å². The maximum absolute atomic E-state index is 11.0. The summed E-state index contributed by atoms with van der Waals surface area (Å²) in [4.78, 5) is 12.9. The molecule has 1 rings (SSSR count). The summed E-state index contributed by atoms with van der Waals surface area (Å²) in [5, 5.41) is 8.91. The minimum atomic E-state index is -0.193. The second-order valence-corrected chi connectivity index (χ2v) is 2.98. The summed E-state index contributed by atoms with van der Waals surface area (Å²) in [7, 11) is 1.39. The fourth-order valence-corrected chi connectivity index (χ4v) is 1.37. The van der Waals surface area contributed by atoms with E-state index in [0.717, 1.165) is 13.0 Å². The van der Waals surface area contributed by atoms with Gasteiger partial charge in [-0.25, -0.2) is 0 Å². The summed E-state index contributed by atoms with van der Waals surface area (Å²) in [5.41, 5.74) is 0. The molecular weight excluding hydrogens is 158 g/mol. The number of nitrogens with zero attached hydrogens (tertiary/aromatic N) is 1. The summed E-state index contributed by atoms with van der Waals surface area (Å²) >= 11 is 0. The summed E-state index contributed by atoms with van der Waals surface area (Å²) in [6.45, 7) is 2.84. The summed E-state index contributed by atoms with van der Waals surface area (Å²) in [6.07, 6.45) is 0.865. The van der Waals surface area contributed by atoms with Crippen LogP contribution < -0.4 is 0 Å². The Balaban J connectivity index is 2.35. The number of hydrogen-bond acceptors (Lipinski definition) is 4. The summed E-state index contributed by atoms with van der Waals surface area (Å²) in [6, 6.07) is 0.0150. The Morgan fingerprint density at radius 2 is 2.50 bits per heavy atom. The van der Waals surface area contributed by atoms with Crippen molar-refractivity contribution in [2.75, 3.05) is 20.3 Å². The van der Waals surface area contributed by atoms with E-state index in [1.807, 2.05) is 11.8 Å². The van der Waals surface area contributed by atoms with E-state index in [9.17, 15) is 4.79 Å². The first-order valence-electron chi connectivity index (χ1n) is 4.19. The number of hydrogen-bond donors (Lipinski definition) is 1. The molecule has 12 heavy (non-hydrogen) atoms. The topological polar surface area (TPSA) is 49.5 Å². The van der Waals surface area contributed by atoms with Crippen molar-refractivity contribution in [2.45, 2.75) is 25.4 Å². The molecule has 4 heteroatoms. The number of methoxy groups -OCH3 is 1. The Bertz CT molecular complexity index is 168. The van der Waals surface area contributed by atoms with Gasteiger partial charge in [0.1, 0.15) is 6.04 Å². The number of aliphatic hydroxyl groups is 1. The van der Waals surface area contributed by atoms with Crippen LogP contribution in [0.4, 0.5) is 0 Å². The van der Waals surface area contributed by atoms with Gasteiger partial charge in [0.05, 0.1) is 13.7 Å². The molecule has 0 amide bonds. The van der Waals surface area contributed by atoms with Crippen LogP contribution in [0.25, 0.3) is 0 Å². The van der Waals surface area contributed by atoms with Crippen molar-refractivity contribution >= 4 is 5.97 Å². The van der Waals surface area contributed by atoms with Crippen LogP contribution in [0.5, 0.6) is 0 Å². The van der Waals surface area contributed by atoms with E-state index in [0.29, 0.717) is 0 Å². The summed E-state index contributed by atoms with van der Waals surface area (Å²) < 4.78 is 4.58. The van der Waals surface area contributed by atoms with Gasteiger partial charge in [0.2, 0.25) is 0 Å². The first-order chi connectivity index (χ1) is 5.74. The molecule has 70 valence electrons. The minimum absolute atomic E-state index is 0.105. The zero-order chi connectivity index (χ0) is 9.14. The van der Waals surface area contributed by atoms with Crippen LogP contribution in [0.15, 0.2) is 0 Å². The Labute approximate surface area is 72.1 Å². The molecule has 0 aromatic rings. The highest BCUT2D eigenvalue weighted by molar-refractivity contribution is 5.79. The molecule has 0 saturated carbocycles. The molecule has 0 radical (unpaired) electrons. The van der Waals surface area contributed by atoms with Gasteiger partial charge in [0, 0.05) is 12.6 Å². The third-order valence-electron chi connectivity index (χ3n) is 2.27. The Hall–Kier alpha value is -0.610. The molecule has 1 unspecified atom stereocenters. The number of rotatable bonds is 4. The number of aliphatic hydroxyl groups excluding tert-OH is 1. The van der Waals surface area contributed by atoms with Gasteiger partial charge in [-0.15, -0.1) is 0 Å². The molecule has 0 aliphatic carbocycles. The predicted octanol–water partition coefficient (Wildman–Crippen LogP) is -0.386. The molecule has 1 saturated heterocycles. The third-order valence-corrected chi connectivity index (χ3v) is 2.27. The van der Waals surface area contributed by atoms with Gasteiger partial charge in [-0.1, -0.05) is 6.92 Å². The molecule has 4 nitrogen and oxygen atoms in total. The van der Waals surface area contributed by atoms with Crippen molar-refractivity contribution < 1.29 is 14.6 Å². The number of carbonyl (C=O) groups is 1. The monoisotopic (exact) mass is 173 g/mol. The highest BCUT2D eigenvalue weighted by atomic mass is 16.5. The average Bonchev–Trinajstić information content (AvgIpc) is 2.86. The molecule has 1 N–H and O–H groups in total. The van der Waals surface area contributed by atoms with Crippen LogP contribution in [0.1, 0.15) is 13.3 Å². The van der Waals surface area contributed by atoms with Gasteiger partial charge in [-0.3, -0.25) is 9.69 Å². The standard InChI is InChI=1S/C8H15NO3/c1-3-6(5-10)9-4-7(9)8(11)12-2/h6-7,10H,3-5H2,1-2H3/t6-,7-,9?/m1/s1. The zero-order valence-corrected chi connectivity index (χ0v) is 7.49. The van der Waals surface area contributed by atoms with E-state index in [4.69, 9.17) is 5.11 Å². The van der Waals surface area contributed by atoms with Gasteiger partial charge in [0.15, 0.2) is 0 Å². The lowest BCUT2D eigenvalue weighted by Gasteiger charge is -2.12. The van der Waals surface area contributed by atoms with Crippen LogP contribution in [0.3, 0.4) is 0 Å². The Kier molecular flexibility index (Phi) is 3.05. The quantitative estimate of drug-likeness (QED) is 0.465. The molecule has 0 bridgehead atoms. The van der Waals surface area contributed by atoms with Crippen molar-refractivity contribution in [3.05, 3.63) is 0 Å².